The molecular weight excluding hydrogens is 312 g/mol. The van der Waals surface area contributed by atoms with Crippen LogP contribution in [0.25, 0.3) is 11.1 Å². The minimum absolute atomic E-state index is 0.0317. The molecule has 25 heavy (non-hydrogen) atoms. The smallest absolute Gasteiger partial charge is 0.257 e. The Morgan fingerprint density at radius 2 is 1.64 bits per heavy atom. The molecule has 4 nitrogen and oxygen atoms in total. The van der Waals surface area contributed by atoms with Crippen LogP contribution in [0.5, 0.6) is 5.75 Å². The molecule has 0 bridgehead atoms. The molecule has 2 aromatic rings. The van der Waals surface area contributed by atoms with E-state index < -0.39 is 0 Å². The monoisotopic (exact) mass is 336 g/mol. The summed E-state index contributed by atoms with van der Waals surface area (Å²) in [6.07, 6.45) is 4.56. The van der Waals surface area contributed by atoms with E-state index in [2.05, 4.69) is 18.3 Å². The van der Waals surface area contributed by atoms with Crippen molar-refractivity contribution in [1.29, 1.82) is 5.26 Å². The molecule has 0 fully saturated rings. The van der Waals surface area contributed by atoms with Gasteiger partial charge in [-0.25, -0.2) is 0 Å². The van der Waals surface area contributed by atoms with Crippen LogP contribution in [0.4, 0.5) is 0 Å². The van der Waals surface area contributed by atoms with Crippen molar-refractivity contribution >= 4 is 5.91 Å². The van der Waals surface area contributed by atoms with Gasteiger partial charge in [-0.15, -0.1) is 0 Å². The number of nitrogens with zero attached hydrogens (tertiary/aromatic N) is 1. The largest absolute Gasteiger partial charge is 0.484 e. The Morgan fingerprint density at radius 3 is 2.24 bits per heavy atom. The third-order valence-electron chi connectivity index (χ3n) is 3.92. The molecule has 0 aliphatic rings. The zero-order valence-corrected chi connectivity index (χ0v) is 14.6. The van der Waals surface area contributed by atoms with E-state index in [9.17, 15) is 4.79 Å². The summed E-state index contributed by atoms with van der Waals surface area (Å²) in [7, 11) is 0. The summed E-state index contributed by atoms with van der Waals surface area (Å²) in [5, 5.41) is 11.7. The van der Waals surface area contributed by atoms with Crippen LogP contribution in [-0.2, 0) is 4.79 Å². The van der Waals surface area contributed by atoms with Crippen molar-refractivity contribution in [2.45, 2.75) is 32.6 Å². The first-order chi connectivity index (χ1) is 12.2. The normalized spacial score (nSPS) is 10.1. The zero-order valence-electron chi connectivity index (χ0n) is 14.6. The molecule has 0 spiro atoms. The predicted molar refractivity (Wildman–Crippen MR) is 99.2 cm³/mol. The van der Waals surface area contributed by atoms with Crippen molar-refractivity contribution in [3.63, 3.8) is 0 Å². The van der Waals surface area contributed by atoms with Crippen LogP contribution in [0.15, 0.2) is 48.5 Å². The molecule has 0 heterocycles. The van der Waals surface area contributed by atoms with Gasteiger partial charge in [0.15, 0.2) is 6.61 Å². The van der Waals surface area contributed by atoms with Crippen molar-refractivity contribution in [2.24, 2.45) is 0 Å². The Kier molecular flexibility index (Phi) is 7.52. The van der Waals surface area contributed by atoms with E-state index in [1.807, 2.05) is 36.4 Å². The molecule has 0 unspecified atom stereocenters. The van der Waals surface area contributed by atoms with Crippen molar-refractivity contribution in [2.75, 3.05) is 13.2 Å². The second-order valence-corrected chi connectivity index (χ2v) is 5.91. The van der Waals surface area contributed by atoms with Crippen LogP contribution in [0.1, 0.15) is 38.2 Å². The Hall–Kier alpha value is -2.80. The number of hydrogen-bond acceptors (Lipinski definition) is 3. The van der Waals surface area contributed by atoms with E-state index in [4.69, 9.17) is 10.00 Å². The van der Waals surface area contributed by atoms with E-state index in [1.165, 1.54) is 12.8 Å². The maximum Gasteiger partial charge on any atom is 0.257 e. The lowest BCUT2D eigenvalue weighted by Gasteiger charge is -2.08. The molecule has 1 N–H and O–H groups in total. The first-order valence-electron chi connectivity index (χ1n) is 8.73. The summed E-state index contributed by atoms with van der Waals surface area (Å²) in [4.78, 5) is 11.7. The van der Waals surface area contributed by atoms with Crippen LogP contribution >= 0.6 is 0 Å². The molecule has 2 aromatic carbocycles. The average molecular weight is 336 g/mol. The van der Waals surface area contributed by atoms with E-state index in [0.29, 0.717) is 17.9 Å². The van der Waals surface area contributed by atoms with E-state index in [0.717, 1.165) is 24.0 Å². The topological polar surface area (TPSA) is 62.1 Å². The molecule has 0 atom stereocenters. The fraction of sp³-hybridized carbons (Fsp3) is 0.333. The maximum absolute atomic E-state index is 11.7. The molecule has 130 valence electrons. The molecule has 0 aromatic heterocycles. The van der Waals surface area contributed by atoms with Gasteiger partial charge in [0.1, 0.15) is 5.75 Å². The van der Waals surface area contributed by atoms with E-state index in [1.54, 1.807) is 12.1 Å². The SMILES string of the molecule is CCCCCCNC(=O)COc1ccc(-c2ccc(C#N)cc2)cc1. The summed E-state index contributed by atoms with van der Waals surface area (Å²) in [6.45, 7) is 2.91. The fourth-order valence-electron chi connectivity index (χ4n) is 2.46. The lowest BCUT2D eigenvalue weighted by molar-refractivity contribution is -0.123. The minimum Gasteiger partial charge on any atom is -0.484 e. The average Bonchev–Trinajstić information content (AvgIpc) is 2.67. The van der Waals surface area contributed by atoms with Crippen LogP contribution in [0, 0.1) is 11.3 Å². The third kappa shape index (κ3) is 6.31. The quantitative estimate of drug-likeness (QED) is 0.694. The summed E-state index contributed by atoms with van der Waals surface area (Å²) in [6, 6.07) is 17.1. The second kappa shape index (κ2) is 10.1. The first kappa shape index (κ1) is 18.5. The van der Waals surface area contributed by atoms with Crippen LogP contribution in [0.3, 0.4) is 0 Å². The summed E-state index contributed by atoms with van der Waals surface area (Å²) in [5.74, 6) is 0.575. The Balaban J connectivity index is 1.78. The number of benzene rings is 2. The van der Waals surface area contributed by atoms with Gasteiger partial charge in [0.25, 0.3) is 5.91 Å². The number of rotatable bonds is 9. The van der Waals surface area contributed by atoms with Crippen molar-refractivity contribution in [3.8, 4) is 22.9 Å². The van der Waals surface area contributed by atoms with Gasteiger partial charge >= 0.3 is 0 Å². The number of carbonyl (C=O) groups is 1. The Morgan fingerprint density at radius 1 is 1.00 bits per heavy atom. The van der Waals surface area contributed by atoms with Gasteiger partial charge in [-0.2, -0.15) is 5.26 Å². The lowest BCUT2D eigenvalue weighted by Crippen LogP contribution is -2.29. The first-order valence-corrected chi connectivity index (χ1v) is 8.73. The summed E-state index contributed by atoms with van der Waals surface area (Å²) < 4.78 is 5.52. The highest BCUT2D eigenvalue weighted by molar-refractivity contribution is 5.77. The van der Waals surface area contributed by atoms with Gasteiger partial charge in [0.05, 0.1) is 11.6 Å². The highest BCUT2D eigenvalue weighted by Crippen LogP contribution is 2.22. The van der Waals surface area contributed by atoms with Gasteiger partial charge in [-0.3, -0.25) is 4.79 Å². The molecule has 0 radical (unpaired) electrons. The molecule has 0 saturated carbocycles. The molecule has 0 saturated heterocycles. The number of carbonyl (C=O) groups excluding carboxylic acids is 1. The molecular formula is C21H24N2O2. The number of amides is 1. The summed E-state index contributed by atoms with van der Waals surface area (Å²) >= 11 is 0. The molecule has 4 heteroatoms. The van der Waals surface area contributed by atoms with Crippen LogP contribution in [0.2, 0.25) is 0 Å². The van der Waals surface area contributed by atoms with E-state index in [-0.39, 0.29) is 12.5 Å². The summed E-state index contributed by atoms with van der Waals surface area (Å²) in [5.41, 5.74) is 2.72. The maximum atomic E-state index is 11.7. The van der Waals surface area contributed by atoms with Crippen molar-refractivity contribution in [3.05, 3.63) is 54.1 Å². The van der Waals surface area contributed by atoms with Gasteiger partial charge < -0.3 is 10.1 Å². The van der Waals surface area contributed by atoms with Gasteiger partial charge in [0, 0.05) is 6.54 Å². The third-order valence-corrected chi connectivity index (χ3v) is 3.92. The van der Waals surface area contributed by atoms with Gasteiger partial charge in [0.2, 0.25) is 0 Å². The van der Waals surface area contributed by atoms with E-state index >= 15 is 0 Å². The molecule has 0 aliphatic carbocycles. The second-order valence-electron chi connectivity index (χ2n) is 5.91. The molecule has 2 rings (SSSR count). The van der Waals surface area contributed by atoms with Crippen LogP contribution in [-0.4, -0.2) is 19.1 Å². The van der Waals surface area contributed by atoms with Gasteiger partial charge in [-0.05, 0) is 41.8 Å². The number of hydrogen-bond donors (Lipinski definition) is 1. The number of unbranched alkanes of at least 4 members (excludes halogenated alkanes) is 3. The fourth-order valence-corrected chi connectivity index (χ4v) is 2.46. The van der Waals surface area contributed by atoms with Crippen molar-refractivity contribution < 1.29 is 9.53 Å². The van der Waals surface area contributed by atoms with Crippen molar-refractivity contribution in [1.82, 2.24) is 5.32 Å². The zero-order chi connectivity index (χ0) is 17.9. The van der Waals surface area contributed by atoms with Crippen LogP contribution < -0.4 is 10.1 Å². The highest BCUT2D eigenvalue weighted by Gasteiger charge is 2.03. The Labute approximate surface area is 149 Å². The predicted octanol–water partition coefficient (Wildman–Crippen LogP) is 4.30. The minimum atomic E-state index is -0.0901. The number of nitriles is 1. The highest BCUT2D eigenvalue weighted by atomic mass is 16.5. The van der Waals surface area contributed by atoms with Gasteiger partial charge in [-0.1, -0.05) is 50.5 Å². The number of ether oxygens (including phenoxy) is 1. The molecule has 0 aliphatic heterocycles. The standard InChI is InChI=1S/C21H24N2O2/c1-2-3-4-5-14-23-21(24)16-25-20-12-10-19(11-13-20)18-8-6-17(15-22)7-9-18/h6-13H,2-5,14,16H2,1H3,(H,23,24). The number of nitrogens with one attached hydrogen (secondary N) is 1. The Bertz CT molecular complexity index is 700. The molecule has 1 amide bonds. The lowest BCUT2D eigenvalue weighted by atomic mass is 10.0.